The van der Waals surface area contributed by atoms with Gasteiger partial charge in [-0.25, -0.2) is 0 Å². The van der Waals surface area contributed by atoms with E-state index < -0.39 is 12.2 Å². The Morgan fingerprint density at radius 2 is 0.921 bits per heavy atom. The Hall–Kier alpha value is -3.02. The monoisotopic (exact) mass is 524 g/mol. The fourth-order valence-electron chi connectivity index (χ4n) is 3.90. The Morgan fingerprint density at radius 1 is 0.605 bits per heavy atom. The third kappa shape index (κ3) is 10.8. The van der Waals surface area contributed by atoms with Gasteiger partial charge in [-0.3, -0.25) is 9.59 Å². The molecule has 0 spiro atoms. The molecule has 2 aromatic rings. The van der Waals surface area contributed by atoms with E-state index in [4.69, 9.17) is 9.47 Å². The van der Waals surface area contributed by atoms with Crippen molar-refractivity contribution in [3.8, 4) is 11.5 Å². The van der Waals surface area contributed by atoms with Gasteiger partial charge in [0.25, 0.3) is 11.8 Å². The second kappa shape index (κ2) is 14.2. The molecule has 2 amide bonds. The number of ether oxygens (including phenoxy) is 2. The summed E-state index contributed by atoms with van der Waals surface area (Å²) in [5.74, 6) is 1.17. The van der Waals surface area contributed by atoms with Gasteiger partial charge in [0, 0.05) is 13.1 Å². The van der Waals surface area contributed by atoms with Gasteiger partial charge < -0.3 is 20.1 Å². The van der Waals surface area contributed by atoms with E-state index in [9.17, 15) is 9.59 Å². The predicted molar refractivity (Wildman–Crippen MR) is 155 cm³/mol. The number of benzene rings is 2. The summed E-state index contributed by atoms with van der Waals surface area (Å²) in [5.41, 5.74) is 2.62. The molecule has 2 rings (SSSR count). The van der Waals surface area contributed by atoms with Crippen LogP contribution in [-0.2, 0) is 20.4 Å². The van der Waals surface area contributed by atoms with E-state index in [2.05, 4.69) is 52.2 Å². The Morgan fingerprint density at radius 3 is 1.21 bits per heavy atom. The molecule has 0 aromatic heterocycles. The van der Waals surface area contributed by atoms with Crippen LogP contribution in [0.25, 0.3) is 0 Å². The van der Waals surface area contributed by atoms with E-state index in [1.807, 2.05) is 48.5 Å². The molecule has 38 heavy (non-hydrogen) atoms. The lowest BCUT2D eigenvalue weighted by Gasteiger charge is -2.20. The fourth-order valence-corrected chi connectivity index (χ4v) is 3.90. The number of amides is 2. The molecule has 0 aliphatic heterocycles. The summed E-state index contributed by atoms with van der Waals surface area (Å²) in [6.45, 7) is 17.8. The van der Waals surface area contributed by atoms with Crippen LogP contribution in [-0.4, -0.2) is 37.1 Å². The molecule has 0 radical (unpaired) electrons. The molecule has 6 nitrogen and oxygen atoms in total. The average molecular weight is 525 g/mol. The molecule has 0 bridgehead atoms. The van der Waals surface area contributed by atoms with Crippen molar-refractivity contribution in [2.75, 3.05) is 13.1 Å². The van der Waals surface area contributed by atoms with Crippen LogP contribution in [0.2, 0.25) is 0 Å². The second-order valence-corrected chi connectivity index (χ2v) is 12.1. The molecule has 6 heteroatoms. The van der Waals surface area contributed by atoms with Crippen molar-refractivity contribution in [1.82, 2.24) is 10.6 Å². The van der Waals surface area contributed by atoms with Crippen molar-refractivity contribution < 1.29 is 19.1 Å². The first-order chi connectivity index (χ1) is 17.8. The summed E-state index contributed by atoms with van der Waals surface area (Å²) in [6, 6.07) is 15.8. The number of hydrogen-bond acceptors (Lipinski definition) is 4. The van der Waals surface area contributed by atoms with E-state index in [1.54, 1.807) is 13.8 Å². The van der Waals surface area contributed by atoms with Crippen LogP contribution in [0.1, 0.15) is 92.2 Å². The van der Waals surface area contributed by atoms with Crippen LogP contribution >= 0.6 is 0 Å². The standard InChI is InChI=1S/C32H48N2O4/c1-23(37-27-17-13-25(14-18-27)31(3,4)5)29(35)33-21-11-9-10-12-22-34-30(36)24(2)38-28-19-15-26(16-20-28)32(6,7)8/h13-20,23-24H,9-12,21-22H2,1-8H3,(H,33,35)(H,34,36). The lowest BCUT2D eigenvalue weighted by molar-refractivity contribution is -0.128. The molecular formula is C32H48N2O4. The van der Waals surface area contributed by atoms with Crippen LogP contribution in [0.4, 0.5) is 0 Å². The number of rotatable bonds is 13. The van der Waals surface area contributed by atoms with Gasteiger partial charge in [0.05, 0.1) is 0 Å². The van der Waals surface area contributed by atoms with Crippen molar-refractivity contribution in [2.45, 2.75) is 104 Å². The fraction of sp³-hybridized carbons (Fsp3) is 0.562. The quantitative estimate of drug-likeness (QED) is 0.301. The first kappa shape index (κ1) is 31.2. The SMILES string of the molecule is CC(Oc1ccc(C(C)(C)C)cc1)C(=O)NCCCCCCNC(=O)C(C)Oc1ccc(C(C)(C)C)cc1. The maximum Gasteiger partial charge on any atom is 0.260 e. The number of nitrogens with one attached hydrogen (secondary N) is 2. The molecule has 2 aromatic carbocycles. The Kier molecular flexibility index (Phi) is 11.7. The van der Waals surface area contributed by atoms with Crippen LogP contribution in [0.5, 0.6) is 11.5 Å². The van der Waals surface area contributed by atoms with Crippen molar-refractivity contribution in [2.24, 2.45) is 0 Å². The van der Waals surface area contributed by atoms with E-state index in [-0.39, 0.29) is 22.6 Å². The molecule has 2 unspecified atom stereocenters. The normalized spacial score (nSPS) is 13.4. The van der Waals surface area contributed by atoms with Gasteiger partial charge in [-0.2, -0.15) is 0 Å². The van der Waals surface area contributed by atoms with E-state index in [1.165, 1.54) is 11.1 Å². The molecule has 210 valence electrons. The third-order valence-electron chi connectivity index (χ3n) is 6.51. The zero-order chi connectivity index (χ0) is 28.3. The topological polar surface area (TPSA) is 76.7 Å². The largest absolute Gasteiger partial charge is 0.481 e. The van der Waals surface area contributed by atoms with Crippen LogP contribution < -0.4 is 20.1 Å². The zero-order valence-electron chi connectivity index (χ0n) is 24.6. The molecule has 0 heterocycles. The van der Waals surface area contributed by atoms with Crippen LogP contribution in [0, 0.1) is 0 Å². The van der Waals surface area contributed by atoms with Crippen molar-refractivity contribution in [3.05, 3.63) is 59.7 Å². The molecule has 0 aliphatic rings. The minimum Gasteiger partial charge on any atom is -0.481 e. The molecule has 0 saturated carbocycles. The highest BCUT2D eigenvalue weighted by molar-refractivity contribution is 5.81. The Labute approximate surface area is 229 Å². The highest BCUT2D eigenvalue weighted by Crippen LogP contribution is 2.25. The highest BCUT2D eigenvalue weighted by Gasteiger charge is 2.17. The highest BCUT2D eigenvalue weighted by atomic mass is 16.5. The molecule has 0 saturated heterocycles. The summed E-state index contributed by atoms with van der Waals surface area (Å²) in [6.07, 6.45) is 2.63. The Bertz CT molecular complexity index is 918. The van der Waals surface area contributed by atoms with Crippen LogP contribution in [0.3, 0.4) is 0 Å². The van der Waals surface area contributed by atoms with Gasteiger partial charge in [-0.1, -0.05) is 78.6 Å². The molecule has 0 aliphatic carbocycles. The first-order valence-electron chi connectivity index (χ1n) is 13.9. The van der Waals surface area contributed by atoms with Gasteiger partial charge in [-0.05, 0) is 72.9 Å². The lowest BCUT2D eigenvalue weighted by Crippen LogP contribution is -2.37. The summed E-state index contributed by atoms with van der Waals surface area (Å²) < 4.78 is 11.6. The van der Waals surface area contributed by atoms with Gasteiger partial charge in [0.15, 0.2) is 12.2 Å². The predicted octanol–water partition coefficient (Wildman–Crippen LogP) is 6.31. The summed E-state index contributed by atoms with van der Waals surface area (Å²) in [4.78, 5) is 24.7. The van der Waals surface area contributed by atoms with Gasteiger partial charge in [0.2, 0.25) is 0 Å². The minimum absolute atomic E-state index is 0.0827. The average Bonchev–Trinajstić information content (AvgIpc) is 2.84. The van der Waals surface area contributed by atoms with Crippen LogP contribution in [0.15, 0.2) is 48.5 Å². The van der Waals surface area contributed by atoms with Gasteiger partial charge >= 0.3 is 0 Å². The first-order valence-corrected chi connectivity index (χ1v) is 13.9. The molecule has 2 N–H and O–H groups in total. The van der Waals surface area contributed by atoms with E-state index in [0.717, 1.165) is 25.7 Å². The maximum atomic E-state index is 12.3. The number of unbranched alkanes of at least 4 members (excludes halogenated alkanes) is 3. The maximum absolute atomic E-state index is 12.3. The van der Waals surface area contributed by atoms with E-state index >= 15 is 0 Å². The molecule has 0 fully saturated rings. The molecule has 2 atom stereocenters. The smallest absolute Gasteiger partial charge is 0.260 e. The summed E-state index contributed by atoms with van der Waals surface area (Å²) in [5, 5.41) is 5.89. The number of hydrogen-bond donors (Lipinski definition) is 2. The number of carbonyl (C=O) groups is 2. The van der Waals surface area contributed by atoms with Crippen molar-refractivity contribution in [1.29, 1.82) is 0 Å². The zero-order valence-corrected chi connectivity index (χ0v) is 24.6. The number of carbonyl (C=O) groups excluding carboxylic acids is 2. The lowest BCUT2D eigenvalue weighted by atomic mass is 9.87. The van der Waals surface area contributed by atoms with E-state index in [0.29, 0.717) is 24.6 Å². The third-order valence-corrected chi connectivity index (χ3v) is 6.51. The van der Waals surface area contributed by atoms with Crippen molar-refractivity contribution in [3.63, 3.8) is 0 Å². The van der Waals surface area contributed by atoms with Gasteiger partial charge in [-0.15, -0.1) is 0 Å². The van der Waals surface area contributed by atoms with Gasteiger partial charge in [0.1, 0.15) is 11.5 Å². The minimum atomic E-state index is -0.550. The Balaban J connectivity index is 1.55. The van der Waals surface area contributed by atoms with Crippen molar-refractivity contribution >= 4 is 11.8 Å². The summed E-state index contributed by atoms with van der Waals surface area (Å²) in [7, 11) is 0. The molecular weight excluding hydrogens is 476 g/mol. The second-order valence-electron chi connectivity index (χ2n) is 12.1. The summed E-state index contributed by atoms with van der Waals surface area (Å²) >= 11 is 0.